The second-order valence-corrected chi connectivity index (χ2v) is 8.90. The molecule has 2 amide bonds. The van der Waals surface area contributed by atoms with Crippen LogP contribution in [0.2, 0.25) is 0 Å². The maximum atomic E-state index is 13.3. The minimum atomic E-state index is -0.113. The number of carbonyl (C=O) groups excluding carboxylic acids is 2. The molecule has 0 aromatic heterocycles. The summed E-state index contributed by atoms with van der Waals surface area (Å²) in [5.41, 5.74) is 1.82. The van der Waals surface area contributed by atoms with E-state index < -0.39 is 0 Å². The van der Waals surface area contributed by atoms with E-state index in [-0.39, 0.29) is 23.8 Å². The van der Waals surface area contributed by atoms with Gasteiger partial charge in [0.25, 0.3) is 5.91 Å². The van der Waals surface area contributed by atoms with Crippen molar-refractivity contribution in [2.45, 2.75) is 25.3 Å². The Balaban J connectivity index is 1.24. The molecule has 2 aliphatic rings. The lowest BCUT2D eigenvalue weighted by atomic mass is 9.95. The Morgan fingerprint density at radius 1 is 0.781 bits per heavy atom. The Morgan fingerprint density at radius 3 is 2.44 bits per heavy atom. The van der Waals surface area contributed by atoms with Crippen LogP contribution in [0, 0.1) is 5.92 Å². The fourth-order valence-electron chi connectivity index (χ4n) is 5.05. The predicted molar refractivity (Wildman–Crippen MR) is 128 cm³/mol. The second-order valence-electron chi connectivity index (χ2n) is 8.90. The zero-order valence-corrected chi connectivity index (χ0v) is 18.2. The topological polar surface area (TPSA) is 52.7 Å². The molecular weight excluding hydrogens is 398 g/mol. The molecule has 2 unspecified atom stereocenters. The highest BCUT2D eigenvalue weighted by molar-refractivity contribution is 6.07. The van der Waals surface area contributed by atoms with Crippen LogP contribution in [0.5, 0.6) is 0 Å². The Labute approximate surface area is 189 Å². The number of nitrogens with one attached hydrogen (secondary N) is 1. The van der Waals surface area contributed by atoms with Gasteiger partial charge in [0.2, 0.25) is 5.91 Å². The standard InChI is InChI=1S/C27H29N3O2/c31-26(30-17-15-23(19-30)28-22-11-2-1-3-12-22)21-10-7-16-29(18-21)27(32)25-14-6-9-20-8-4-5-13-24(20)25/h1-6,8-9,11-14,21,23,28H,7,10,15-19H2. The van der Waals surface area contributed by atoms with E-state index in [1.807, 2.05) is 70.5 Å². The molecule has 2 fully saturated rings. The monoisotopic (exact) mass is 427 g/mol. The van der Waals surface area contributed by atoms with Gasteiger partial charge in [-0.15, -0.1) is 0 Å². The van der Waals surface area contributed by atoms with Gasteiger partial charge in [-0.3, -0.25) is 9.59 Å². The maximum Gasteiger partial charge on any atom is 0.254 e. The molecule has 5 rings (SSSR count). The molecule has 32 heavy (non-hydrogen) atoms. The first kappa shape index (κ1) is 20.6. The average molecular weight is 428 g/mol. The maximum absolute atomic E-state index is 13.3. The number of carbonyl (C=O) groups is 2. The zero-order valence-electron chi connectivity index (χ0n) is 18.2. The van der Waals surface area contributed by atoms with Crippen molar-refractivity contribution in [1.29, 1.82) is 0 Å². The smallest absolute Gasteiger partial charge is 0.254 e. The number of nitrogens with zero attached hydrogens (tertiary/aromatic N) is 2. The minimum absolute atomic E-state index is 0.0318. The van der Waals surface area contributed by atoms with Crippen LogP contribution in [0.25, 0.3) is 10.8 Å². The van der Waals surface area contributed by atoms with Gasteiger partial charge >= 0.3 is 0 Å². The van der Waals surface area contributed by atoms with E-state index in [9.17, 15) is 9.59 Å². The van der Waals surface area contributed by atoms with Crippen molar-refractivity contribution in [2.24, 2.45) is 5.92 Å². The molecule has 164 valence electrons. The Bertz CT molecular complexity index is 1110. The summed E-state index contributed by atoms with van der Waals surface area (Å²) in [4.78, 5) is 30.5. The van der Waals surface area contributed by atoms with E-state index >= 15 is 0 Å². The van der Waals surface area contributed by atoms with E-state index in [4.69, 9.17) is 0 Å². The zero-order chi connectivity index (χ0) is 21.9. The molecule has 5 nitrogen and oxygen atoms in total. The number of piperidine rings is 1. The summed E-state index contributed by atoms with van der Waals surface area (Å²) in [6.07, 6.45) is 2.67. The first-order valence-electron chi connectivity index (χ1n) is 11.6. The molecule has 0 bridgehead atoms. The summed E-state index contributed by atoms with van der Waals surface area (Å²) in [5, 5.41) is 5.58. The number of likely N-dealkylation sites (tertiary alicyclic amines) is 2. The molecule has 5 heteroatoms. The van der Waals surface area contributed by atoms with Crippen molar-refractivity contribution < 1.29 is 9.59 Å². The number of benzene rings is 3. The Kier molecular flexibility index (Phi) is 5.80. The third kappa shape index (κ3) is 4.20. The summed E-state index contributed by atoms with van der Waals surface area (Å²) in [5.74, 6) is 0.111. The van der Waals surface area contributed by atoms with Crippen LogP contribution >= 0.6 is 0 Å². The predicted octanol–water partition coefficient (Wildman–Crippen LogP) is 4.41. The highest BCUT2D eigenvalue weighted by atomic mass is 16.2. The van der Waals surface area contributed by atoms with Crippen LogP contribution in [-0.4, -0.2) is 53.8 Å². The van der Waals surface area contributed by atoms with Crippen LogP contribution in [0.1, 0.15) is 29.6 Å². The van der Waals surface area contributed by atoms with Crippen molar-refractivity contribution in [3.63, 3.8) is 0 Å². The number of hydrogen-bond donors (Lipinski definition) is 1. The quantitative estimate of drug-likeness (QED) is 0.671. The highest BCUT2D eigenvalue weighted by Gasteiger charge is 2.35. The number of rotatable bonds is 4. The van der Waals surface area contributed by atoms with E-state index in [2.05, 4.69) is 17.4 Å². The third-order valence-corrected chi connectivity index (χ3v) is 6.72. The van der Waals surface area contributed by atoms with Crippen molar-refractivity contribution in [3.8, 4) is 0 Å². The molecule has 0 spiro atoms. The summed E-state index contributed by atoms with van der Waals surface area (Å²) >= 11 is 0. The number of fused-ring (bicyclic) bond motifs is 1. The lowest BCUT2D eigenvalue weighted by Gasteiger charge is -2.34. The molecule has 3 aromatic carbocycles. The van der Waals surface area contributed by atoms with E-state index in [1.54, 1.807) is 0 Å². The molecule has 2 saturated heterocycles. The van der Waals surface area contributed by atoms with Crippen LogP contribution in [0.4, 0.5) is 5.69 Å². The fraction of sp³-hybridized carbons (Fsp3) is 0.333. The van der Waals surface area contributed by atoms with E-state index in [0.29, 0.717) is 13.1 Å². The van der Waals surface area contributed by atoms with Gasteiger partial charge in [0, 0.05) is 43.5 Å². The van der Waals surface area contributed by atoms with Crippen LogP contribution in [0.3, 0.4) is 0 Å². The molecule has 2 atom stereocenters. The molecule has 2 aliphatic heterocycles. The first-order chi connectivity index (χ1) is 15.7. The normalized spacial score (nSPS) is 21.0. The number of amides is 2. The van der Waals surface area contributed by atoms with Crippen LogP contribution < -0.4 is 5.32 Å². The molecule has 2 heterocycles. The summed E-state index contributed by atoms with van der Waals surface area (Å²) in [7, 11) is 0. The van der Waals surface area contributed by atoms with Gasteiger partial charge in [0.1, 0.15) is 0 Å². The Hall–Kier alpha value is -3.34. The molecule has 1 N–H and O–H groups in total. The first-order valence-corrected chi connectivity index (χ1v) is 11.6. The van der Waals surface area contributed by atoms with Crippen molar-refractivity contribution in [3.05, 3.63) is 78.4 Å². The Morgan fingerprint density at radius 2 is 1.56 bits per heavy atom. The summed E-state index contributed by atoms with van der Waals surface area (Å²) in [6.45, 7) is 2.72. The number of anilines is 1. The van der Waals surface area contributed by atoms with Gasteiger partial charge in [-0.1, -0.05) is 54.6 Å². The average Bonchev–Trinajstić information content (AvgIpc) is 3.32. The van der Waals surface area contributed by atoms with Crippen molar-refractivity contribution in [1.82, 2.24) is 9.80 Å². The van der Waals surface area contributed by atoms with Crippen LogP contribution in [-0.2, 0) is 4.79 Å². The van der Waals surface area contributed by atoms with Crippen molar-refractivity contribution in [2.75, 3.05) is 31.5 Å². The van der Waals surface area contributed by atoms with Gasteiger partial charge in [-0.2, -0.15) is 0 Å². The highest BCUT2D eigenvalue weighted by Crippen LogP contribution is 2.26. The second kappa shape index (κ2) is 9.03. The number of hydrogen-bond acceptors (Lipinski definition) is 3. The fourth-order valence-corrected chi connectivity index (χ4v) is 5.05. The third-order valence-electron chi connectivity index (χ3n) is 6.72. The SMILES string of the molecule is O=C(c1cccc2ccccc12)N1CCCC(C(=O)N2CCC(Nc3ccccc3)C2)C1. The number of para-hydroxylation sites is 1. The van der Waals surface area contributed by atoms with Gasteiger partial charge in [-0.25, -0.2) is 0 Å². The van der Waals surface area contributed by atoms with Crippen LogP contribution in [0.15, 0.2) is 72.8 Å². The lowest BCUT2D eigenvalue weighted by Crippen LogP contribution is -2.46. The van der Waals surface area contributed by atoms with Gasteiger partial charge in [0.05, 0.1) is 5.92 Å². The van der Waals surface area contributed by atoms with Gasteiger partial charge in [-0.05, 0) is 48.2 Å². The molecular formula is C27H29N3O2. The summed E-state index contributed by atoms with van der Waals surface area (Å²) in [6, 6.07) is 24.3. The van der Waals surface area contributed by atoms with Gasteiger partial charge in [0.15, 0.2) is 0 Å². The largest absolute Gasteiger partial charge is 0.380 e. The van der Waals surface area contributed by atoms with E-state index in [0.717, 1.165) is 54.4 Å². The summed E-state index contributed by atoms with van der Waals surface area (Å²) < 4.78 is 0. The lowest BCUT2D eigenvalue weighted by molar-refractivity contribution is -0.135. The molecule has 3 aromatic rings. The van der Waals surface area contributed by atoms with Gasteiger partial charge < -0.3 is 15.1 Å². The molecule has 0 radical (unpaired) electrons. The minimum Gasteiger partial charge on any atom is -0.380 e. The van der Waals surface area contributed by atoms with Crippen molar-refractivity contribution >= 4 is 28.3 Å². The van der Waals surface area contributed by atoms with E-state index in [1.165, 1.54) is 0 Å². The molecule has 0 aliphatic carbocycles. The molecule has 0 saturated carbocycles.